The molecule has 0 spiro atoms. The monoisotopic (exact) mass is 396 g/mol. The molecule has 2 aromatic rings. The van der Waals surface area contributed by atoms with Gasteiger partial charge in [0.2, 0.25) is 11.8 Å². The van der Waals surface area contributed by atoms with Gasteiger partial charge < -0.3 is 19.7 Å². The molecule has 0 heterocycles. The third kappa shape index (κ3) is 4.80. The van der Waals surface area contributed by atoms with Crippen molar-refractivity contribution in [1.82, 2.24) is 0 Å². The number of nitrogens with one attached hydrogen (secondary N) is 1. The molecule has 2 amide bonds. The maximum atomic E-state index is 12.3. The fourth-order valence-corrected chi connectivity index (χ4v) is 2.81. The first-order chi connectivity index (χ1) is 12.3. The number of ether oxygens (including phenoxy) is 2. The van der Waals surface area contributed by atoms with Gasteiger partial charge in [0.15, 0.2) is 0 Å². The summed E-state index contributed by atoms with van der Waals surface area (Å²) in [4.78, 5) is 25.6. The number of methoxy groups -OCH3 is 2. The van der Waals surface area contributed by atoms with Crippen molar-refractivity contribution in [2.75, 3.05) is 31.0 Å². The van der Waals surface area contributed by atoms with Gasteiger partial charge in [0.05, 0.1) is 24.3 Å². The first-order valence-electron chi connectivity index (χ1n) is 7.60. The molecule has 2 aromatic carbocycles. The van der Waals surface area contributed by atoms with Gasteiger partial charge >= 0.3 is 0 Å². The Balaban J connectivity index is 2.14. The average molecular weight is 397 g/mol. The topological polar surface area (TPSA) is 67.9 Å². The van der Waals surface area contributed by atoms with E-state index >= 15 is 0 Å². The molecule has 0 saturated carbocycles. The maximum Gasteiger partial charge on any atom is 0.244 e. The first-order valence-corrected chi connectivity index (χ1v) is 8.36. The van der Waals surface area contributed by atoms with E-state index in [0.29, 0.717) is 32.9 Å². The predicted molar refractivity (Wildman–Crippen MR) is 103 cm³/mol. The number of carbonyl (C=O) groups is 2. The standard InChI is InChI=1S/C18H18Cl2N2O4/c1-11(23)22(13-5-7-17(26-3)15(20)9-13)10-18(24)21-12-4-6-16(25-2)14(19)8-12/h4-9H,10H2,1-3H3,(H,21,24). The van der Waals surface area contributed by atoms with Gasteiger partial charge in [0.25, 0.3) is 0 Å². The highest BCUT2D eigenvalue weighted by Gasteiger charge is 2.17. The number of carbonyl (C=O) groups excluding carboxylic acids is 2. The summed E-state index contributed by atoms with van der Waals surface area (Å²) in [6.45, 7) is 1.19. The number of amides is 2. The Morgan fingerprint density at radius 1 is 1.00 bits per heavy atom. The minimum atomic E-state index is -0.381. The Morgan fingerprint density at radius 3 is 2.08 bits per heavy atom. The van der Waals surface area contributed by atoms with Gasteiger partial charge in [-0.1, -0.05) is 23.2 Å². The van der Waals surface area contributed by atoms with Crippen molar-refractivity contribution < 1.29 is 19.1 Å². The van der Waals surface area contributed by atoms with Gasteiger partial charge in [-0.05, 0) is 36.4 Å². The quantitative estimate of drug-likeness (QED) is 0.800. The van der Waals surface area contributed by atoms with E-state index in [2.05, 4.69) is 5.32 Å². The zero-order valence-electron chi connectivity index (χ0n) is 14.5. The number of halogens is 2. The van der Waals surface area contributed by atoms with Gasteiger partial charge in [-0.25, -0.2) is 0 Å². The van der Waals surface area contributed by atoms with E-state index in [1.54, 1.807) is 36.4 Å². The summed E-state index contributed by atoms with van der Waals surface area (Å²) in [5, 5.41) is 3.41. The van der Waals surface area contributed by atoms with Crippen LogP contribution in [0.15, 0.2) is 36.4 Å². The Kier molecular flexibility index (Phi) is 6.71. The maximum absolute atomic E-state index is 12.3. The highest BCUT2D eigenvalue weighted by atomic mass is 35.5. The lowest BCUT2D eigenvalue weighted by Crippen LogP contribution is -2.36. The summed E-state index contributed by atoms with van der Waals surface area (Å²) >= 11 is 12.1. The van der Waals surface area contributed by atoms with Crippen LogP contribution in [0.3, 0.4) is 0 Å². The third-order valence-electron chi connectivity index (χ3n) is 3.56. The van der Waals surface area contributed by atoms with Crippen LogP contribution in [-0.4, -0.2) is 32.6 Å². The third-order valence-corrected chi connectivity index (χ3v) is 4.16. The number of benzene rings is 2. The lowest BCUT2D eigenvalue weighted by Gasteiger charge is -2.21. The molecule has 0 aliphatic heterocycles. The number of nitrogens with zero attached hydrogens (tertiary/aromatic N) is 1. The van der Waals surface area contributed by atoms with Crippen molar-refractivity contribution in [3.8, 4) is 11.5 Å². The van der Waals surface area contributed by atoms with Crippen LogP contribution in [0.4, 0.5) is 11.4 Å². The molecule has 0 aromatic heterocycles. The van der Waals surface area contributed by atoms with E-state index in [0.717, 1.165) is 0 Å². The molecule has 0 aliphatic rings. The molecular weight excluding hydrogens is 379 g/mol. The van der Waals surface area contributed by atoms with Crippen LogP contribution in [-0.2, 0) is 9.59 Å². The summed E-state index contributed by atoms with van der Waals surface area (Å²) in [5.74, 6) is 0.307. The molecule has 0 bridgehead atoms. The molecule has 138 valence electrons. The Hall–Kier alpha value is -2.44. The Morgan fingerprint density at radius 2 is 1.58 bits per heavy atom. The minimum Gasteiger partial charge on any atom is -0.495 e. The smallest absolute Gasteiger partial charge is 0.244 e. The predicted octanol–water partition coefficient (Wildman–Crippen LogP) is 4.00. The summed E-state index contributed by atoms with van der Waals surface area (Å²) in [6.07, 6.45) is 0. The van der Waals surface area contributed by atoms with Crippen LogP contribution in [0, 0.1) is 0 Å². The van der Waals surface area contributed by atoms with Crippen molar-refractivity contribution in [2.45, 2.75) is 6.92 Å². The number of hydrogen-bond acceptors (Lipinski definition) is 4. The molecule has 26 heavy (non-hydrogen) atoms. The van der Waals surface area contributed by atoms with Gasteiger partial charge in [-0.2, -0.15) is 0 Å². The molecule has 0 fully saturated rings. The average Bonchev–Trinajstić information content (AvgIpc) is 2.59. The summed E-state index contributed by atoms with van der Waals surface area (Å²) in [5.41, 5.74) is 0.989. The fraction of sp³-hybridized carbons (Fsp3) is 0.222. The van der Waals surface area contributed by atoms with Crippen LogP contribution >= 0.6 is 23.2 Å². The molecule has 0 aliphatic carbocycles. The second-order valence-electron chi connectivity index (χ2n) is 5.32. The van der Waals surface area contributed by atoms with E-state index in [9.17, 15) is 9.59 Å². The fourth-order valence-electron chi connectivity index (χ4n) is 2.30. The molecule has 0 atom stereocenters. The van der Waals surface area contributed by atoms with Crippen LogP contribution in [0.1, 0.15) is 6.92 Å². The number of anilines is 2. The second kappa shape index (κ2) is 8.78. The molecular formula is C18H18Cl2N2O4. The number of rotatable bonds is 6. The second-order valence-corrected chi connectivity index (χ2v) is 6.14. The molecule has 8 heteroatoms. The molecule has 0 unspecified atom stereocenters. The van der Waals surface area contributed by atoms with Gasteiger partial charge in [-0.3, -0.25) is 9.59 Å². The SMILES string of the molecule is COc1ccc(NC(=O)CN(C(C)=O)c2ccc(OC)c(Cl)c2)cc1Cl. The Labute approximate surface area is 161 Å². The van der Waals surface area contributed by atoms with Crippen LogP contribution in [0.25, 0.3) is 0 Å². The van der Waals surface area contributed by atoms with Gasteiger partial charge in [0.1, 0.15) is 18.0 Å². The van der Waals surface area contributed by atoms with Crippen molar-refractivity contribution in [3.05, 3.63) is 46.4 Å². The van der Waals surface area contributed by atoms with E-state index in [1.165, 1.54) is 26.0 Å². The van der Waals surface area contributed by atoms with Crippen molar-refractivity contribution in [3.63, 3.8) is 0 Å². The van der Waals surface area contributed by atoms with E-state index < -0.39 is 0 Å². The number of hydrogen-bond donors (Lipinski definition) is 1. The zero-order valence-corrected chi connectivity index (χ0v) is 16.0. The normalized spacial score (nSPS) is 10.2. The van der Waals surface area contributed by atoms with E-state index in [-0.39, 0.29) is 18.4 Å². The molecule has 2 rings (SSSR count). The lowest BCUT2D eigenvalue weighted by molar-refractivity contribution is -0.120. The van der Waals surface area contributed by atoms with Crippen molar-refractivity contribution in [1.29, 1.82) is 0 Å². The lowest BCUT2D eigenvalue weighted by atomic mass is 10.2. The van der Waals surface area contributed by atoms with E-state index in [4.69, 9.17) is 32.7 Å². The van der Waals surface area contributed by atoms with Crippen LogP contribution in [0.2, 0.25) is 10.0 Å². The van der Waals surface area contributed by atoms with Crippen molar-refractivity contribution in [2.24, 2.45) is 0 Å². The highest BCUT2D eigenvalue weighted by Crippen LogP contribution is 2.30. The molecule has 1 N–H and O–H groups in total. The molecule has 6 nitrogen and oxygen atoms in total. The molecule has 0 saturated heterocycles. The summed E-state index contributed by atoms with van der Waals surface area (Å²) in [7, 11) is 3.00. The molecule has 0 radical (unpaired) electrons. The van der Waals surface area contributed by atoms with Crippen LogP contribution < -0.4 is 19.7 Å². The van der Waals surface area contributed by atoms with Crippen LogP contribution in [0.5, 0.6) is 11.5 Å². The van der Waals surface area contributed by atoms with Crippen molar-refractivity contribution >= 4 is 46.4 Å². The highest BCUT2D eigenvalue weighted by molar-refractivity contribution is 6.32. The largest absolute Gasteiger partial charge is 0.495 e. The van der Waals surface area contributed by atoms with E-state index in [1.807, 2.05) is 0 Å². The minimum absolute atomic E-state index is 0.179. The summed E-state index contributed by atoms with van der Waals surface area (Å²) < 4.78 is 10.2. The van der Waals surface area contributed by atoms with Gasteiger partial charge in [0, 0.05) is 18.3 Å². The zero-order chi connectivity index (χ0) is 19.3. The van der Waals surface area contributed by atoms with Gasteiger partial charge in [-0.15, -0.1) is 0 Å². The Bertz CT molecular complexity index is 827. The first kappa shape index (κ1) is 19.9. The summed E-state index contributed by atoms with van der Waals surface area (Å²) in [6, 6.07) is 9.73.